The Balaban J connectivity index is 1.25. The molecule has 7 heteroatoms. The molecule has 2 aromatic carbocycles. The Bertz CT molecular complexity index is 983. The van der Waals surface area contributed by atoms with Crippen molar-refractivity contribution >= 4 is 18.0 Å². The van der Waals surface area contributed by atoms with Gasteiger partial charge in [-0.2, -0.15) is 0 Å². The van der Waals surface area contributed by atoms with Gasteiger partial charge >= 0.3 is 12.1 Å². The third-order valence-electron chi connectivity index (χ3n) is 6.62. The van der Waals surface area contributed by atoms with Crippen molar-refractivity contribution in [3.05, 3.63) is 59.7 Å². The van der Waals surface area contributed by atoms with Crippen LogP contribution in [0.1, 0.15) is 49.7 Å². The van der Waals surface area contributed by atoms with Crippen molar-refractivity contribution in [2.75, 3.05) is 19.7 Å². The number of likely N-dealkylation sites (tertiary alicyclic amines) is 1. The Morgan fingerprint density at radius 3 is 2.18 bits per heavy atom. The number of ether oxygens (including phenoxy) is 1. The van der Waals surface area contributed by atoms with E-state index in [0.717, 1.165) is 11.1 Å². The zero-order chi connectivity index (χ0) is 23.4. The predicted octanol–water partition coefficient (Wildman–Crippen LogP) is 4.02. The van der Waals surface area contributed by atoms with Gasteiger partial charge < -0.3 is 20.1 Å². The summed E-state index contributed by atoms with van der Waals surface area (Å²) in [7, 11) is 0. The molecule has 0 radical (unpaired) electrons. The molecule has 0 aromatic heterocycles. The highest BCUT2D eigenvalue weighted by Gasteiger charge is 2.29. The van der Waals surface area contributed by atoms with Crippen molar-refractivity contribution < 1.29 is 24.2 Å². The van der Waals surface area contributed by atoms with Crippen LogP contribution in [-0.2, 0) is 14.3 Å². The van der Waals surface area contributed by atoms with Crippen LogP contribution in [-0.4, -0.2) is 53.7 Å². The maximum Gasteiger partial charge on any atom is 0.407 e. The van der Waals surface area contributed by atoms with Crippen LogP contribution in [0, 0.1) is 5.92 Å². The van der Waals surface area contributed by atoms with Gasteiger partial charge in [0.05, 0.1) is 0 Å². The molecule has 1 aliphatic carbocycles. The first kappa shape index (κ1) is 22.8. The van der Waals surface area contributed by atoms with Crippen molar-refractivity contribution in [1.82, 2.24) is 10.2 Å². The van der Waals surface area contributed by atoms with Crippen LogP contribution in [0.15, 0.2) is 48.5 Å². The van der Waals surface area contributed by atoms with E-state index >= 15 is 0 Å². The molecule has 0 unspecified atom stereocenters. The lowest BCUT2D eigenvalue weighted by atomic mass is 9.93. The molecule has 2 amide bonds. The van der Waals surface area contributed by atoms with Crippen LogP contribution in [0.25, 0.3) is 11.1 Å². The highest BCUT2D eigenvalue weighted by Crippen LogP contribution is 2.44. The summed E-state index contributed by atoms with van der Waals surface area (Å²) < 4.78 is 5.56. The van der Waals surface area contributed by atoms with E-state index in [0.29, 0.717) is 25.9 Å². The predicted molar refractivity (Wildman–Crippen MR) is 124 cm³/mol. The van der Waals surface area contributed by atoms with Gasteiger partial charge in [0.2, 0.25) is 5.91 Å². The molecule has 7 nitrogen and oxygen atoms in total. The van der Waals surface area contributed by atoms with E-state index in [1.165, 1.54) is 11.1 Å². The maximum atomic E-state index is 12.6. The fourth-order valence-corrected chi connectivity index (χ4v) is 4.92. The Kier molecular flexibility index (Phi) is 6.96. The molecule has 33 heavy (non-hydrogen) atoms. The highest BCUT2D eigenvalue weighted by atomic mass is 16.5. The van der Waals surface area contributed by atoms with E-state index in [-0.39, 0.29) is 43.2 Å². The third kappa shape index (κ3) is 5.35. The summed E-state index contributed by atoms with van der Waals surface area (Å²) in [4.78, 5) is 37.6. The number of piperidine rings is 1. The number of alkyl carbamates (subject to hydrolysis) is 1. The molecule has 1 fully saturated rings. The van der Waals surface area contributed by atoms with E-state index in [1.54, 1.807) is 11.8 Å². The summed E-state index contributed by atoms with van der Waals surface area (Å²) in [6, 6.07) is 16.0. The first-order valence-corrected chi connectivity index (χ1v) is 11.5. The summed E-state index contributed by atoms with van der Waals surface area (Å²) in [5.74, 6) is -0.703. The van der Waals surface area contributed by atoms with E-state index in [1.807, 2.05) is 24.3 Å². The average molecular weight is 451 g/mol. The number of carbonyl (C=O) groups is 3. The second-order valence-electron chi connectivity index (χ2n) is 9.00. The van der Waals surface area contributed by atoms with Crippen molar-refractivity contribution in [3.8, 4) is 11.1 Å². The minimum atomic E-state index is -0.791. The Labute approximate surface area is 193 Å². The summed E-state index contributed by atoms with van der Waals surface area (Å²) in [6.45, 7) is 3.15. The lowest BCUT2D eigenvalue weighted by Gasteiger charge is -2.32. The Hall–Kier alpha value is -3.35. The zero-order valence-corrected chi connectivity index (χ0v) is 18.8. The number of rotatable bonds is 7. The number of carbonyl (C=O) groups excluding carboxylic acids is 2. The molecule has 1 atom stereocenters. The maximum absolute atomic E-state index is 12.6. The van der Waals surface area contributed by atoms with E-state index in [4.69, 9.17) is 9.84 Å². The minimum Gasteiger partial charge on any atom is -0.481 e. The van der Waals surface area contributed by atoms with Crippen LogP contribution in [0.3, 0.4) is 0 Å². The largest absolute Gasteiger partial charge is 0.481 e. The molecule has 4 rings (SSSR count). The number of nitrogens with one attached hydrogen (secondary N) is 1. The lowest BCUT2D eigenvalue weighted by Crippen LogP contribution is -2.43. The fourth-order valence-electron chi connectivity index (χ4n) is 4.92. The van der Waals surface area contributed by atoms with E-state index in [9.17, 15) is 14.4 Å². The first-order chi connectivity index (χ1) is 15.9. The monoisotopic (exact) mass is 450 g/mol. The number of nitrogens with zero attached hydrogens (tertiary/aromatic N) is 1. The smallest absolute Gasteiger partial charge is 0.407 e. The van der Waals surface area contributed by atoms with E-state index < -0.39 is 12.1 Å². The van der Waals surface area contributed by atoms with Crippen LogP contribution >= 0.6 is 0 Å². The number of fused-ring (bicyclic) bond motifs is 3. The summed E-state index contributed by atoms with van der Waals surface area (Å²) in [5, 5.41) is 11.7. The molecule has 2 N–H and O–H groups in total. The van der Waals surface area contributed by atoms with Gasteiger partial charge in [0.15, 0.2) is 0 Å². The number of aliphatic carboxylic acids is 1. The Morgan fingerprint density at radius 2 is 1.61 bits per heavy atom. The van der Waals surface area contributed by atoms with Gasteiger partial charge in [-0.05, 0) is 47.9 Å². The van der Waals surface area contributed by atoms with Crippen molar-refractivity contribution in [2.24, 2.45) is 5.92 Å². The third-order valence-corrected chi connectivity index (χ3v) is 6.62. The first-order valence-electron chi connectivity index (χ1n) is 11.5. The average Bonchev–Trinajstić information content (AvgIpc) is 3.11. The number of hydrogen-bond acceptors (Lipinski definition) is 4. The van der Waals surface area contributed by atoms with E-state index in [2.05, 4.69) is 29.6 Å². The van der Waals surface area contributed by atoms with Crippen molar-refractivity contribution in [1.29, 1.82) is 0 Å². The quantitative estimate of drug-likeness (QED) is 0.664. The van der Waals surface area contributed by atoms with Crippen LogP contribution < -0.4 is 5.32 Å². The normalized spacial score (nSPS) is 16.6. The second-order valence-corrected chi connectivity index (χ2v) is 9.00. The van der Waals surface area contributed by atoms with Crippen LogP contribution in [0.4, 0.5) is 4.79 Å². The second kappa shape index (κ2) is 10.1. The molecule has 1 heterocycles. The lowest BCUT2D eigenvalue weighted by molar-refractivity contribution is -0.138. The number of hydrogen-bond donors (Lipinski definition) is 2. The van der Waals surface area contributed by atoms with Gasteiger partial charge in [0.1, 0.15) is 6.61 Å². The van der Waals surface area contributed by atoms with Gasteiger partial charge in [-0.3, -0.25) is 9.59 Å². The molecular weight excluding hydrogens is 420 g/mol. The van der Waals surface area contributed by atoms with Gasteiger partial charge in [0.25, 0.3) is 0 Å². The van der Waals surface area contributed by atoms with Crippen LogP contribution in [0.5, 0.6) is 0 Å². The SMILES string of the molecule is C[C@@H](CC(=O)N1CCC(CC(=O)O)CC1)NC(=O)OCC1c2ccccc2-c2ccccc21. The molecular formula is C26H30N2O5. The summed E-state index contributed by atoms with van der Waals surface area (Å²) in [6.07, 6.45) is 1.21. The molecule has 2 aromatic rings. The fraction of sp³-hybridized carbons (Fsp3) is 0.423. The van der Waals surface area contributed by atoms with Crippen molar-refractivity contribution in [3.63, 3.8) is 0 Å². The number of amides is 2. The Morgan fingerprint density at radius 1 is 1.03 bits per heavy atom. The standard InChI is InChI=1S/C26H30N2O5/c1-17(14-24(29)28-12-10-18(11-13-28)15-25(30)31)27-26(32)33-16-23-21-8-4-2-6-19(21)20-7-3-5-9-22(20)23/h2-9,17-18,23H,10-16H2,1H3,(H,27,32)(H,30,31)/t17-/m0/s1. The number of benzene rings is 2. The molecule has 0 saturated carbocycles. The zero-order valence-electron chi connectivity index (χ0n) is 18.8. The van der Waals surface area contributed by atoms with Gasteiger partial charge in [0, 0.05) is 37.9 Å². The number of carboxylic acid groups (broad SMARTS) is 1. The molecule has 1 aliphatic heterocycles. The van der Waals surface area contributed by atoms with Crippen LogP contribution in [0.2, 0.25) is 0 Å². The highest BCUT2D eigenvalue weighted by molar-refractivity contribution is 5.79. The molecule has 0 bridgehead atoms. The van der Waals surface area contributed by atoms with Gasteiger partial charge in [-0.25, -0.2) is 4.79 Å². The summed E-state index contributed by atoms with van der Waals surface area (Å²) >= 11 is 0. The number of carboxylic acids is 1. The molecule has 1 saturated heterocycles. The minimum absolute atomic E-state index is 0.00724. The topological polar surface area (TPSA) is 95.9 Å². The van der Waals surface area contributed by atoms with Crippen molar-refractivity contribution in [2.45, 2.75) is 44.6 Å². The molecule has 174 valence electrons. The summed E-state index contributed by atoms with van der Waals surface area (Å²) in [5.41, 5.74) is 4.66. The van der Waals surface area contributed by atoms with Gasteiger partial charge in [-0.15, -0.1) is 0 Å². The molecule has 2 aliphatic rings. The van der Waals surface area contributed by atoms with Gasteiger partial charge in [-0.1, -0.05) is 48.5 Å². The molecule has 0 spiro atoms.